The van der Waals surface area contributed by atoms with Crippen LogP contribution in [0.1, 0.15) is 15.9 Å². The van der Waals surface area contributed by atoms with Gasteiger partial charge in [0.15, 0.2) is 0 Å². The maximum absolute atomic E-state index is 12.2. The van der Waals surface area contributed by atoms with Crippen molar-refractivity contribution >= 4 is 34.1 Å². The van der Waals surface area contributed by atoms with E-state index in [0.717, 1.165) is 3.57 Å². The van der Waals surface area contributed by atoms with Gasteiger partial charge >= 0.3 is 0 Å². The third kappa shape index (κ3) is 2.53. The fraction of sp³-hybridized carbons (Fsp3) is 0. The number of carbonyl (C=O) groups excluding carboxylic acids is 1. The highest BCUT2D eigenvalue weighted by atomic mass is 127. The van der Waals surface area contributed by atoms with Crippen molar-refractivity contribution in [1.29, 1.82) is 0 Å². The summed E-state index contributed by atoms with van der Waals surface area (Å²) in [6.45, 7) is 0. The van der Waals surface area contributed by atoms with Crippen LogP contribution in [-0.2, 0) is 0 Å². The first-order valence-electron chi connectivity index (χ1n) is 4.98. The maximum Gasteiger partial charge on any atom is 0.280 e. The lowest BCUT2D eigenvalue weighted by Crippen LogP contribution is -2.06. The highest BCUT2D eigenvalue weighted by Crippen LogP contribution is 2.23. The van der Waals surface area contributed by atoms with Crippen molar-refractivity contribution in [1.82, 2.24) is 4.98 Å². The number of pyridine rings is 1. The Morgan fingerprint density at radius 3 is 2.72 bits per heavy atom. The summed E-state index contributed by atoms with van der Waals surface area (Å²) in [5.41, 5.74) is 0.228. The quantitative estimate of drug-likeness (QED) is 0.368. The minimum atomic E-state index is -0.556. The average Bonchev–Trinajstić information content (AvgIpc) is 2.38. The van der Waals surface area contributed by atoms with E-state index in [4.69, 9.17) is 0 Å². The summed E-state index contributed by atoms with van der Waals surface area (Å²) in [5.74, 6) is -0.395. The molecule has 1 aromatic heterocycles. The third-order valence-corrected chi connectivity index (χ3v) is 2.99. The lowest BCUT2D eigenvalue weighted by molar-refractivity contribution is -0.385. The standard InChI is InChI=1S/C12H7IN2O3/c13-9-3-4-11(15(17)18)10(6-9)12(16)8-2-1-5-14-7-8/h1-7H. The highest BCUT2D eigenvalue weighted by Gasteiger charge is 2.21. The zero-order valence-electron chi connectivity index (χ0n) is 9.04. The van der Waals surface area contributed by atoms with Gasteiger partial charge in [-0.2, -0.15) is 0 Å². The summed E-state index contributed by atoms with van der Waals surface area (Å²) in [7, 11) is 0. The number of aromatic nitrogens is 1. The van der Waals surface area contributed by atoms with Crippen molar-refractivity contribution in [2.24, 2.45) is 0 Å². The molecule has 2 aromatic rings. The molecule has 2 rings (SSSR count). The van der Waals surface area contributed by atoms with Gasteiger partial charge in [0.1, 0.15) is 5.56 Å². The van der Waals surface area contributed by atoms with E-state index in [0.29, 0.717) is 5.56 Å². The van der Waals surface area contributed by atoms with Crippen LogP contribution in [0.15, 0.2) is 42.7 Å². The van der Waals surface area contributed by atoms with E-state index in [1.807, 2.05) is 22.6 Å². The number of carbonyl (C=O) groups is 1. The van der Waals surface area contributed by atoms with Crippen LogP contribution in [0.5, 0.6) is 0 Å². The predicted molar refractivity (Wildman–Crippen MR) is 73.5 cm³/mol. The molecule has 0 spiro atoms. The molecule has 90 valence electrons. The van der Waals surface area contributed by atoms with Crippen LogP contribution >= 0.6 is 22.6 Å². The Kier molecular flexibility index (Phi) is 3.66. The van der Waals surface area contributed by atoms with Gasteiger partial charge in [0, 0.05) is 27.6 Å². The van der Waals surface area contributed by atoms with Crippen molar-refractivity contribution in [3.63, 3.8) is 0 Å². The number of hydrogen-bond acceptors (Lipinski definition) is 4. The molecular weight excluding hydrogens is 347 g/mol. The van der Waals surface area contributed by atoms with Crippen molar-refractivity contribution in [3.05, 3.63) is 67.5 Å². The van der Waals surface area contributed by atoms with Crippen LogP contribution in [0.3, 0.4) is 0 Å². The van der Waals surface area contributed by atoms with E-state index in [-0.39, 0.29) is 11.3 Å². The van der Waals surface area contributed by atoms with Crippen LogP contribution < -0.4 is 0 Å². The molecule has 6 heteroatoms. The van der Waals surface area contributed by atoms with Gasteiger partial charge in [0.2, 0.25) is 5.78 Å². The number of halogens is 1. The van der Waals surface area contributed by atoms with Crippen LogP contribution in [0.25, 0.3) is 0 Å². The lowest BCUT2D eigenvalue weighted by Gasteiger charge is -2.02. The Morgan fingerprint density at radius 2 is 2.11 bits per heavy atom. The van der Waals surface area contributed by atoms with E-state index in [1.165, 1.54) is 18.3 Å². The van der Waals surface area contributed by atoms with Gasteiger partial charge in [-0.05, 0) is 46.9 Å². The number of hydrogen-bond donors (Lipinski definition) is 0. The third-order valence-electron chi connectivity index (χ3n) is 2.32. The first-order valence-corrected chi connectivity index (χ1v) is 6.06. The van der Waals surface area contributed by atoms with Crippen LogP contribution in [0.2, 0.25) is 0 Å². The summed E-state index contributed by atoms with van der Waals surface area (Å²) < 4.78 is 0.769. The second-order valence-corrected chi connectivity index (χ2v) is 4.74. The smallest absolute Gasteiger partial charge is 0.280 e. The Bertz CT molecular complexity index is 614. The second-order valence-electron chi connectivity index (χ2n) is 3.49. The number of rotatable bonds is 3. The number of nitrogens with zero attached hydrogens (tertiary/aromatic N) is 2. The largest absolute Gasteiger partial charge is 0.288 e. The lowest BCUT2D eigenvalue weighted by atomic mass is 10.0. The molecule has 0 atom stereocenters. The van der Waals surface area contributed by atoms with Gasteiger partial charge in [0.05, 0.1) is 4.92 Å². The molecule has 0 amide bonds. The van der Waals surface area contributed by atoms with Crippen molar-refractivity contribution in [2.45, 2.75) is 0 Å². The molecule has 0 bridgehead atoms. The molecule has 5 nitrogen and oxygen atoms in total. The van der Waals surface area contributed by atoms with E-state index < -0.39 is 10.7 Å². The average molecular weight is 354 g/mol. The molecule has 0 fully saturated rings. The molecule has 0 unspecified atom stereocenters. The maximum atomic E-state index is 12.2. The SMILES string of the molecule is O=C(c1cccnc1)c1cc(I)ccc1[N+](=O)[O-]. The number of nitro benzene ring substituents is 1. The van der Waals surface area contributed by atoms with Gasteiger partial charge in [-0.25, -0.2) is 0 Å². The minimum Gasteiger partial charge on any atom is -0.288 e. The molecule has 1 aromatic carbocycles. The fourth-order valence-corrected chi connectivity index (χ4v) is 1.99. The molecule has 0 aliphatic rings. The number of benzene rings is 1. The normalized spacial score (nSPS) is 10.1. The van der Waals surface area contributed by atoms with Gasteiger partial charge in [-0.1, -0.05) is 0 Å². The van der Waals surface area contributed by atoms with E-state index in [2.05, 4.69) is 4.98 Å². The molecular formula is C12H7IN2O3. The Labute approximate surface area is 116 Å². The van der Waals surface area contributed by atoms with Crippen molar-refractivity contribution in [2.75, 3.05) is 0 Å². The summed E-state index contributed by atoms with van der Waals surface area (Å²) in [4.78, 5) is 26.4. The summed E-state index contributed by atoms with van der Waals surface area (Å²) in [6.07, 6.45) is 2.94. The van der Waals surface area contributed by atoms with Crippen molar-refractivity contribution in [3.8, 4) is 0 Å². The summed E-state index contributed by atoms with van der Waals surface area (Å²) in [6, 6.07) is 7.64. The van der Waals surface area contributed by atoms with Crippen molar-refractivity contribution < 1.29 is 9.72 Å². The molecule has 0 aliphatic carbocycles. The molecule has 0 saturated heterocycles. The molecule has 0 radical (unpaired) electrons. The Hall–Kier alpha value is -1.83. The Balaban J connectivity index is 2.54. The van der Waals surface area contributed by atoms with E-state index in [1.54, 1.807) is 24.4 Å². The molecule has 1 heterocycles. The summed E-state index contributed by atoms with van der Waals surface area (Å²) >= 11 is 2.01. The molecule has 0 saturated carbocycles. The molecule has 18 heavy (non-hydrogen) atoms. The van der Waals surface area contributed by atoms with Gasteiger partial charge in [0.25, 0.3) is 5.69 Å². The van der Waals surface area contributed by atoms with Crippen LogP contribution in [0, 0.1) is 13.7 Å². The van der Waals surface area contributed by atoms with Gasteiger partial charge < -0.3 is 0 Å². The zero-order valence-corrected chi connectivity index (χ0v) is 11.2. The second kappa shape index (κ2) is 5.21. The van der Waals surface area contributed by atoms with Crippen LogP contribution in [-0.4, -0.2) is 15.7 Å². The Morgan fingerprint density at radius 1 is 1.33 bits per heavy atom. The monoisotopic (exact) mass is 354 g/mol. The molecule has 0 aliphatic heterocycles. The number of nitro groups is 1. The molecule has 0 N–H and O–H groups in total. The van der Waals surface area contributed by atoms with E-state index in [9.17, 15) is 14.9 Å². The van der Waals surface area contributed by atoms with E-state index >= 15 is 0 Å². The first-order chi connectivity index (χ1) is 8.59. The fourth-order valence-electron chi connectivity index (χ4n) is 1.50. The first kappa shape index (κ1) is 12.6. The van der Waals surface area contributed by atoms with Gasteiger partial charge in [-0.15, -0.1) is 0 Å². The topological polar surface area (TPSA) is 73.1 Å². The van der Waals surface area contributed by atoms with Gasteiger partial charge in [-0.3, -0.25) is 19.9 Å². The predicted octanol–water partition coefficient (Wildman–Crippen LogP) is 2.83. The zero-order chi connectivity index (χ0) is 13.1. The van der Waals surface area contributed by atoms with Crippen LogP contribution in [0.4, 0.5) is 5.69 Å². The number of ketones is 1. The summed E-state index contributed by atoms with van der Waals surface area (Å²) in [5, 5.41) is 10.9. The highest BCUT2D eigenvalue weighted by molar-refractivity contribution is 14.1. The minimum absolute atomic E-state index is 0.0832.